The van der Waals surface area contributed by atoms with E-state index in [1.54, 1.807) is 6.07 Å². The molecule has 0 aromatic carbocycles. The molecule has 4 heterocycles. The zero-order valence-electron chi connectivity index (χ0n) is 19.7. The number of amides is 1. The molecule has 2 aliphatic heterocycles. The van der Waals surface area contributed by atoms with Crippen LogP contribution in [-0.2, 0) is 10.0 Å². The highest BCUT2D eigenvalue weighted by Gasteiger charge is 2.46. The summed E-state index contributed by atoms with van der Waals surface area (Å²) in [5, 5.41) is -0.531. The van der Waals surface area contributed by atoms with Gasteiger partial charge in [0.2, 0.25) is 0 Å². The van der Waals surface area contributed by atoms with Crippen molar-refractivity contribution in [3.63, 3.8) is 0 Å². The second kappa shape index (κ2) is 8.96. The van der Waals surface area contributed by atoms with Crippen molar-refractivity contribution in [1.29, 1.82) is 0 Å². The van der Waals surface area contributed by atoms with Crippen molar-refractivity contribution in [3.05, 3.63) is 42.1 Å². The highest BCUT2D eigenvalue weighted by molar-refractivity contribution is 7.90. The average Bonchev–Trinajstić information content (AvgIpc) is 3.37. The minimum absolute atomic E-state index is 0.0890. The largest absolute Gasteiger partial charge is 0.408 e. The van der Waals surface area contributed by atoms with Gasteiger partial charge in [-0.1, -0.05) is 13.0 Å². The van der Waals surface area contributed by atoms with Crippen molar-refractivity contribution in [1.82, 2.24) is 14.7 Å². The lowest BCUT2D eigenvalue weighted by Crippen LogP contribution is -2.42. The van der Waals surface area contributed by atoms with E-state index in [1.807, 2.05) is 23.5 Å². The van der Waals surface area contributed by atoms with Gasteiger partial charge in [-0.05, 0) is 63.3 Å². The number of halogens is 3. The number of rotatable bonds is 5. The molecule has 2 aromatic heterocycles. The number of carbonyl (C=O) groups is 1. The van der Waals surface area contributed by atoms with E-state index in [4.69, 9.17) is 0 Å². The molecule has 1 N–H and O–H groups in total. The third kappa shape index (κ3) is 5.07. The number of hydrogen-bond acceptors (Lipinski definition) is 7. The van der Waals surface area contributed by atoms with Gasteiger partial charge >= 0.3 is 6.18 Å². The number of nitrogens with zero attached hydrogens (tertiary/aromatic N) is 4. The summed E-state index contributed by atoms with van der Waals surface area (Å²) >= 11 is 0. The number of alkyl halides is 3. The van der Waals surface area contributed by atoms with E-state index in [9.17, 15) is 26.4 Å². The van der Waals surface area contributed by atoms with Gasteiger partial charge < -0.3 is 9.80 Å². The van der Waals surface area contributed by atoms with Gasteiger partial charge in [-0.15, -0.1) is 0 Å². The minimum Gasteiger partial charge on any atom is -0.351 e. The molecule has 2 aliphatic rings. The molecule has 12 heteroatoms. The third-order valence-electron chi connectivity index (χ3n) is 6.50. The van der Waals surface area contributed by atoms with Crippen LogP contribution in [0.2, 0.25) is 0 Å². The third-order valence-corrected chi connectivity index (χ3v) is 7.73. The predicted octanol–water partition coefficient (Wildman–Crippen LogP) is 3.75. The number of nitrogens with one attached hydrogen (secondary N) is 1. The lowest BCUT2D eigenvalue weighted by Gasteiger charge is -2.33. The van der Waals surface area contributed by atoms with E-state index >= 15 is 0 Å². The molecular weight excluding hydrogens is 483 g/mol. The molecule has 8 nitrogen and oxygen atoms in total. The number of anilines is 2. The first-order valence-electron chi connectivity index (χ1n) is 11.4. The topological polar surface area (TPSA) is 95.5 Å². The maximum atomic E-state index is 13.4. The van der Waals surface area contributed by atoms with Gasteiger partial charge in [-0.25, -0.2) is 14.7 Å². The Balaban J connectivity index is 1.60. The number of aromatic nitrogens is 2. The fraction of sp³-hybridized carbons (Fsp3) is 0.522. The highest BCUT2D eigenvalue weighted by Crippen LogP contribution is 2.37. The molecule has 0 bridgehead atoms. The summed E-state index contributed by atoms with van der Waals surface area (Å²) in [6.07, 6.45) is -1.81. The van der Waals surface area contributed by atoms with Gasteiger partial charge in [0.05, 0.1) is 5.56 Å². The second-order valence-corrected chi connectivity index (χ2v) is 11.4. The zero-order chi connectivity index (χ0) is 25.6. The predicted molar refractivity (Wildman–Crippen MR) is 125 cm³/mol. The zero-order valence-corrected chi connectivity index (χ0v) is 20.5. The fourth-order valence-corrected chi connectivity index (χ4v) is 6.00. The average molecular weight is 512 g/mol. The summed E-state index contributed by atoms with van der Waals surface area (Å²) in [6, 6.07) is 5.10. The van der Waals surface area contributed by atoms with Crippen LogP contribution in [0.1, 0.15) is 50.4 Å². The quantitative estimate of drug-likeness (QED) is 0.653. The Morgan fingerprint density at radius 1 is 1.20 bits per heavy atom. The van der Waals surface area contributed by atoms with E-state index < -0.39 is 33.2 Å². The summed E-state index contributed by atoms with van der Waals surface area (Å²) < 4.78 is 68.2. The first-order valence-corrected chi connectivity index (χ1v) is 12.9. The normalized spacial score (nSPS) is 22.5. The Labute approximate surface area is 202 Å². The SMILES string of the molecule is CC1CN(c2ncccc2C(=O)NS(=O)(=O)c2cccc(N3CCCC3C(F)(F)F)n2)C(C)(C)C1. The van der Waals surface area contributed by atoms with Gasteiger partial charge in [-0.2, -0.15) is 21.6 Å². The molecule has 0 aliphatic carbocycles. The number of pyridine rings is 2. The van der Waals surface area contributed by atoms with Gasteiger partial charge in [0.15, 0.2) is 5.03 Å². The molecule has 2 saturated heterocycles. The van der Waals surface area contributed by atoms with Crippen LogP contribution in [0.15, 0.2) is 41.6 Å². The van der Waals surface area contributed by atoms with Crippen LogP contribution >= 0.6 is 0 Å². The Morgan fingerprint density at radius 2 is 1.94 bits per heavy atom. The number of sulfonamides is 1. The van der Waals surface area contributed by atoms with Gasteiger partial charge in [-0.3, -0.25) is 4.79 Å². The molecule has 2 fully saturated rings. The lowest BCUT2D eigenvalue weighted by molar-refractivity contribution is -0.146. The molecular formula is C23H28F3N5O3S. The first-order chi connectivity index (χ1) is 16.3. The maximum Gasteiger partial charge on any atom is 0.408 e. The summed E-state index contributed by atoms with van der Waals surface area (Å²) in [5.41, 5.74) is -0.187. The van der Waals surface area contributed by atoms with E-state index in [-0.39, 0.29) is 29.9 Å². The van der Waals surface area contributed by atoms with E-state index in [0.717, 1.165) is 17.4 Å². The summed E-state index contributed by atoms with van der Waals surface area (Å²) in [6.45, 7) is 6.93. The first kappa shape index (κ1) is 25.2. The van der Waals surface area contributed by atoms with Crippen LogP contribution in [0.4, 0.5) is 24.8 Å². The highest BCUT2D eigenvalue weighted by atomic mass is 32.2. The van der Waals surface area contributed by atoms with Crippen LogP contribution in [-0.4, -0.2) is 55.1 Å². The molecule has 190 valence electrons. The van der Waals surface area contributed by atoms with Crippen molar-refractivity contribution in [2.75, 3.05) is 22.9 Å². The molecule has 1 amide bonds. The number of carbonyl (C=O) groups excluding carboxylic acids is 1. The molecule has 35 heavy (non-hydrogen) atoms. The van der Waals surface area contributed by atoms with Gasteiger partial charge in [0, 0.05) is 24.8 Å². The van der Waals surface area contributed by atoms with E-state index in [0.29, 0.717) is 24.7 Å². The molecule has 0 saturated carbocycles. The molecule has 0 radical (unpaired) electrons. The van der Waals surface area contributed by atoms with Gasteiger partial charge in [0.25, 0.3) is 15.9 Å². The Morgan fingerprint density at radius 3 is 2.60 bits per heavy atom. The van der Waals surface area contributed by atoms with Crippen LogP contribution in [0.5, 0.6) is 0 Å². The van der Waals surface area contributed by atoms with Crippen LogP contribution in [0.25, 0.3) is 0 Å². The van der Waals surface area contributed by atoms with Crippen molar-refractivity contribution in [3.8, 4) is 0 Å². The lowest BCUT2D eigenvalue weighted by atomic mass is 9.97. The molecule has 4 rings (SSSR count). The summed E-state index contributed by atoms with van der Waals surface area (Å²) in [4.78, 5) is 24.4. The molecule has 2 aromatic rings. The van der Waals surface area contributed by atoms with Crippen LogP contribution in [0, 0.1) is 5.92 Å². The Hall–Kier alpha value is -2.89. The Bertz CT molecular complexity index is 1220. The standard InChI is InChI=1S/C23H28F3N5O3S/c1-15-13-22(2,3)31(14-15)20-16(7-5-11-27-20)21(32)29-35(33,34)19-10-4-9-18(28-19)30-12-6-8-17(30)23(24,25)26/h4-5,7,9-11,15,17H,6,8,12-14H2,1-3H3,(H,29,32). The van der Waals surface area contributed by atoms with Crippen LogP contribution in [0.3, 0.4) is 0 Å². The molecule has 0 spiro atoms. The minimum atomic E-state index is -4.46. The smallest absolute Gasteiger partial charge is 0.351 e. The van der Waals surface area contributed by atoms with E-state index in [2.05, 4.69) is 16.9 Å². The monoisotopic (exact) mass is 511 g/mol. The second-order valence-electron chi connectivity index (χ2n) is 9.77. The molecule has 2 unspecified atom stereocenters. The van der Waals surface area contributed by atoms with E-state index in [1.165, 1.54) is 24.4 Å². The summed E-state index contributed by atoms with van der Waals surface area (Å²) in [5.74, 6) is -0.244. The van der Waals surface area contributed by atoms with Crippen molar-refractivity contribution in [2.24, 2.45) is 5.92 Å². The number of hydrogen-bond donors (Lipinski definition) is 1. The van der Waals surface area contributed by atoms with Crippen molar-refractivity contribution < 1.29 is 26.4 Å². The van der Waals surface area contributed by atoms with Crippen LogP contribution < -0.4 is 14.5 Å². The summed E-state index contributed by atoms with van der Waals surface area (Å²) in [7, 11) is -4.46. The van der Waals surface area contributed by atoms with Crippen molar-refractivity contribution in [2.45, 2.75) is 62.8 Å². The fourth-order valence-electron chi connectivity index (χ4n) is 5.07. The maximum absolute atomic E-state index is 13.4. The van der Waals surface area contributed by atoms with Crippen molar-refractivity contribution >= 4 is 27.6 Å². The molecule has 2 atom stereocenters. The van der Waals surface area contributed by atoms with Gasteiger partial charge in [0.1, 0.15) is 17.7 Å². The Kier molecular flexibility index (Phi) is 6.45.